The van der Waals surface area contributed by atoms with E-state index in [-0.39, 0.29) is 0 Å². The molecule has 3 nitrogen and oxygen atoms in total. The minimum atomic E-state index is 0.786. The number of rotatable bonds is 0. The van der Waals surface area contributed by atoms with Crippen LogP contribution in [0, 0.1) is 0 Å². The molecular weight excluding hydrogens is 230 g/mol. The molecule has 2 rings (SSSR count). The van der Waals surface area contributed by atoms with Crippen LogP contribution in [0.1, 0.15) is 5.56 Å². The van der Waals surface area contributed by atoms with Crippen LogP contribution in [0.2, 0.25) is 0 Å². The van der Waals surface area contributed by atoms with E-state index in [0.29, 0.717) is 0 Å². The molecule has 0 spiro atoms. The third-order valence-corrected chi connectivity index (χ3v) is 2.32. The van der Waals surface area contributed by atoms with Gasteiger partial charge in [-0.3, -0.25) is 0 Å². The molecular formula is C9H10BrN3. The van der Waals surface area contributed by atoms with Gasteiger partial charge in [-0.15, -0.1) is 0 Å². The second-order valence-corrected chi connectivity index (χ2v) is 3.91. The van der Waals surface area contributed by atoms with Gasteiger partial charge in [0.1, 0.15) is 5.82 Å². The van der Waals surface area contributed by atoms with Crippen molar-refractivity contribution >= 4 is 21.7 Å². The second-order valence-electron chi connectivity index (χ2n) is 2.99. The Hall–Kier alpha value is -0.870. The first kappa shape index (κ1) is 8.72. The Balaban J connectivity index is 2.40. The van der Waals surface area contributed by atoms with Crippen LogP contribution < -0.4 is 10.6 Å². The first-order chi connectivity index (χ1) is 6.25. The summed E-state index contributed by atoms with van der Waals surface area (Å²) in [5.41, 5.74) is 2.11. The summed E-state index contributed by atoms with van der Waals surface area (Å²) >= 11 is 3.39. The van der Waals surface area contributed by atoms with Gasteiger partial charge >= 0.3 is 0 Å². The van der Waals surface area contributed by atoms with Gasteiger partial charge in [0.25, 0.3) is 0 Å². The van der Waals surface area contributed by atoms with Crippen molar-refractivity contribution in [3.63, 3.8) is 0 Å². The lowest BCUT2D eigenvalue weighted by Crippen LogP contribution is -2.14. The van der Waals surface area contributed by atoms with Crippen LogP contribution in [0.5, 0.6) is 0 Å². The van der Waals surface area contributed by atoms with Gasteiger partial charge in [-0.25, -0.2) is 4.98 Å². The summed E-state index contributed by atoms with van der Waals surface area (Å²) < 4.78 is 1.00. The molecule has 0 atom stereocenters. The maximum Gasteiger partial charge on any atom is 0.134 e. The zero-order valence-corrected chi connectivity index (χ0v) is 8.69. The summed E-state index contributed by atoms with van der Waals surface area (Å²) in [6.45, 7) is 5.48. The molecule has 4 heteroatoms. The van der Waals surface area contributed by atoms with E-state index in [4.69, 9.17) is 0 Å². The van der Waals surface area contributed by atoms with Crippen molar-refractivity contribution in [1.82, 2.24) is 10.3 Å². The van der Waals surface area contributed by atoms with E-state index in [9.17, 15) is 0 Å². The minimum absolute atomic E-state index is 0.786. The van der Waals surface area contributed by atoms with Crippen molar-refractivity contribution in [2.75, 3.05) is 11.9 Å². The number of aromatic nitrogens is 1. The third kappa shape index (κ3) is 1.89. The molecule has 0 amide bonds. The fraction of sp³-hybridized carbons (Fsp3) is 0.222. The average Bonchev–Trinajstić information content (AvgIpc) is 2.25. The Morgan fingerprint density at radius 3 is 3.15 bits per heavy atom. The molecule has 0 unspecified atom stereocenters. The Labute approximate surface area is 85.4 Å². The van der Waals surface area contributed by atoms with Crippen LogP contribution in [0.3, 0.4) is 0 Å². The van der Waals surface area contributed by atoms with Gasteiger partial charge < -0.3 is 10.6 Å². The molecule has 1 aromatic heterocycles. The standard InChI is InChI=1S/C9H10BrN3/c1-6-3-11-4-7-2-8(10)5-12-9(7)13-6/h2,5,11H,1,3-4H2,(H,12,13). The average molecular weight is 240 g/mol. The van der Waals surface area contributed by atoms with Gasteiger partial charge in [0, 0.05) is 35.0 Å². The van der Waals surface area contributed by atoms with Crippen LogP contribution in [0.25, 0.3) is 0 Å². The van der Waals surface area contributed by atoms with E-state index in [2.05, 4.69) is 44.2 Å². The number of pyridine rings is 1. The number of hydrogen-bond acceptors (Lipinski definition) is 3. The largest absolute Gasteiger partial charge is 0.343 e. The topological polar surface area (TPSA) is 37.0 Å². The van der Waals surface area contributed by atoms with E-state index >= 15 is 0 Å². The number of anilines is 1. The molecule has 0 radical (unpaired) electrons. The molecule has 0 saturated carbocycles. The van der Waals surface area contributed by atoms with E-state index in [1.807, 2.05) is 0 Å². The minimum Gasteiger partial charge on any atom is -0.343 e. The molecule has 68 valence electrons. The van der Waals surface area contributed by atoms with Crippen LogP contribution >= 0.6 is 15.9 Å². The lowest BCUT2D eigenvalue weighted by molar-refractivity contribution is 0.757. The Bertz CT molecular complexity index is 349. The molecule has 1 aliphatic heterocycles. The van der Waals surface area contributed by atoms with Crippen molar-refractivity contribution in [1.29, 1.82) is 0 Å². The summed E-state index contributed by atoms with van der Waals surface area (Å²) in [4.78, 5) is 4.27. The highest BCUT2D eigenvalue weighted by molar-refractivity contribution is 9.10. The van der Waals surface area contributed by atoms with Gasteiger partial charge in [-0.2, -0.15) is 0 Å². The van der Waals surface area contributed by atoms with Crippen molar-refractivity contribution in [3.8, 4) is 0 Å². The molecule has 0 aliphatic carbocycles. The zero-order chi connectivity index (χ0) is 9.26. The quantitative estimate of drug-likeness (QED) is 0.726. The van der Waals surface area contributed by atoms with Gasteiger partial charge in [0.15, 0.2) is 0 Å². The van der Waals surface area contributed by atoms with Crippen LogP contribution in [0.4, 0.5) is 5.82 Å². The normalized spacial score (nSPS) is 15.9. The third-order valence-electron chi connectivity index (χ3n) is 1.88. The van der Waals surface area contributed by atoms with E-state index in [1.54, 1.807) is 6.20 Å². The fourth-order valence-electron chi connectivity index (χ4n) is 1.29. The summed E-state index contributed by atoms with van der Waals surface area (Å²) in [5, 5.41) is 6.42. The lowest BCUT2D eigenvalue weighted by Gasteiger charge is -2.06. The molecule has 1 aliphatic rings. The summed E-state index contributed by atoms with van der Waals surface area (Å²) in [7, 11) is 0. The molecule has 0 fully saturated rings. The summed E-state index contributed by atoms with van der Waals surface area (Å²) in [6, 6.07) is 2.06. The zero-order valence-electron chi connectivity index (χ0n) is 7.10. The number of nitrogens with zero attached hydrogens (tertiary/aromatic N) is 1. The molecule has 0 aromatic carbocycles. The molecule has 13 heavy (non-hydrogen) atoms. The fourth-order valence-corrected chi connectivity index (χ4v) is 1.67. The Kier molecular flexibility index (Phi) is 2.33. The highest BCUT2D eigenvalue weighted by Crippen LogP contribution is 2.20. The number of fused-ring (bicyclic) bond motifs is 1. The van der Waals surface area contributed by atoms with Gasteiger partial charge in [0.2, 0.25) is 0 Å². The number of halogens is 1. The van der Waals surface area contributed by atoms with Crippen molar-refractivity contribution in [3.05, 3.63) is 34.6 Å². The summed E-state index contributed by atoms with van der Waals surface area (Å²) in [5.74, 6) is 0.901. The Morgan fingerprint density at radius 2 is 2.31 bits per heavy atom. The van der Waals surface area contributed by atoms with Gasteiger partial charge in [-0.05, 0) is 22.0 Å². The first-order valence-corrected chi connectivity index (χ1v) is 4.85. The van der Waals surface area contributed by atoms with E-state index < -0.39 is 0 Å². The SMILES string of the molecule is C=C1CNCc2cc(Br)cnc2N1. The maximum absolute atomic E-state index is 4.27. The second kappa shape index (κ2) is 3.47. The molecule has 2 heterocycles. The highest BCUT2D eigenvalue weighted by atomic mass is 79.9. The van der Waals surface area contributed by atoms with Crippen LogP contribution in [-0.2, 0) is 6.54 Å². The van der Waals surface area contributed by atoms with Crippen molar-refractivity contribution < 1.29 is 0 Å². The first-order valence-electron chi connectivity index (χ1n) is 4.05. The molecule has 0 saturated heterocycles. The summed E-state index contributed by atoms with van der Waals surface area (Å²) in [6.07, 6.45) is 1.78. The van der Waals surface area contributed by atoms with Crippen molar-refractivity contribution in [2.24, 2.45) is 0 Å². The number of nitrogens with one attached hydrogen (secondary N) is 2. The van der Waals surface area contributed by atoms with Gasteiger partial charge in [-0.1, -0.05) is 6.58 Å². The van der Waals surface area contributed by atoms with Gasteiger partial charge in [0.05, 0.1) is 0 Å². The smallest absolute Gasteiger partial charge is 0.134 e. The highest BCUT2D eigenvalue weighted by Gasteiger charge is 2.09. The lowest BCUT2D eigenvalue weighted by atomic mass is 10.2. The van der Waals surface area contributed by atoms with E-state index in [0.717, 1.165) is 34.6 Å². The predicted octanol–water partition coefficient (Wildman–Crippen LogP) is 1.87. The Morgan fingerprint density at radius 1 is 1.46 bits per heavy atom. The number of hydrogen-bond donors (Lipinski definition) is 2. The predicted molar refractivity (Wildman–Crippen MR) is 56.4 cm³/mol. The molecule has 2 N–H and O–H groups in total. The monoisotopic (exact) mass is 239 g/mol. The van der Waals surface area contributed by atoms with Crippen LogP contribution in [0.15, 0.2) is 29.0 Å². The molecule has 1 aromatic rings. The van der Waals surface area contributed by atoms with E-state index in [1.165, 1.54) is 0 Å². The van der Waals surface area contributed by atoms with Crippen molar-refractivity contribution in [2.45, 2.75) is 6.54 Å². The van der Waals surface area contributed by atoms with Crippen LogP contribution in [-0.4, -0.2) is 11.5 Å². The molecule has 0 bridgehead atoms. The maximum atomic E-state index is 4.27.